The number of nitrogens with zero attached hydrogens (tertiary/aromatic N) is 1. The van der Waals surface area contributed by atoms with Crippen molar-refractivity contribution in [2.45, 2.75) is 26.2 Å². The van der Waals surface area contributed by atoms with Crippen LogP contribution in [0.15, 0.2) is 60.7 Å². The number of hydrogen-bond donors (Lipinski definition) is 1. The van der Waals surface area contributed by atoms with Gasteiger partial charge in [0.05, 0.1) is 5.56 Å². The Bertz CT molecular complexity index is 1090. The Morgan fingerprint density at radius 1 is 1.14 bits per heavy atom. The van der Waals surface area contributed by atoms with Crippen LogP contribution in [0.3, 0.4) is 0 Å². The molecule has 4 heteroatoms. The minimum Gasteiger partial charge on any atom is -0.312 e. The van der Waals surface area contributed by atoms with Crippen LogP contribution in [0.5, 0.6) is 0 Å². The Balaban J connectivity index is 1.70. The van der Waals surface area contributed by atoms with Gasteiger partial charge in [-0.2, -0.15) is 5.26 Å². The van der Waals surface area contributed by atoms with Gasteiger partial charge in [-0.15, -0.1) is 11.3 Å². The molecule has 0 saturated heterocycles. The summed E-state index contributed by atoms with van der Waals surface area (Å²) < 4.78 is 0. The van der Waals surface area contributed by atoms with Gasteiger partial charge in [0.2, 0.25) is 0 Å². The molecule has 1 heterocycles. The Hall–Kier alpha value is -3.16. The highest BCUT2D eigenvalue weighted by Gasteiger charge is 2.25. The van der Waals surface area contributed by atoms with Crippen LogP contribution in [0.25, 0.3) is 11.6 Å². The number of fused-ring (bicyclic) bond motifs is 1. The van der Waals surface area contributed by atoms with Gasteiger partial charge in [-0.25, -0.2) is 0 Å². The lowest BCUT2D eigenvalue weighted by Crippen LogP contribution is -2.14. The first-order valence-corrected chi connectivity index (χ1v) is 10.7. The Morgan fingerprint density at radius 3 is 2.52 bits per heavy atom. The smallest absolute Gasteiger partial charge is 0.256 e. The maximum Gasteiger partial charge on any atom is 0.256 e. The summed E-state index contributed by atoms with van der Waals surface area (Å²) in [6.07, 6.45) is 4.88. The zero-order chi connectivity index (χ0) is 20.2. The highest BCUT2D eigenvalue weighted by Crippen LogP contribution is 2.39. The van der Waals surface area contributed by atoms with Crippen LogP contribution in [0, 0.1) is 17.2 Å². The maximum absolute atomic E-state index is 13.3. The van der Waals surface area contributed by atoms with Crippen LogP contribution in [-0.2, 0) is 17.6 Å². The Kier molecular flexibility index (Phi) is 5.59. The summed E-state index contributed by atoms with van der Waals surface area (Å²) in [6, 6.07) is 21.8. The third-order valence-electron chi connectivity index (χ3n) is 5.29. The highest BCUT2D eigenvalue weighted by atomic mass is 32.1. The van der Waals surface area contributed by atoms with E-state index < -0.39 is 0 Å². The van der Waals surface area contributed by atoms with Gasteiger partial charge < -0.3 is 5.32 Å². The third kappa shape index (κ3) is 4.16. The molecule has 29 heavy (non-hydrogen) atoms. The van der Waals surface area contributed by atoms with Crippen LogP contribution in [-0.4, -0.2) is 5.91 Å². The van der Waals surface area contributed by atoms with Crippen molar-refractivity contribution in [3.05, 3.63) is 87.8 Å². The first-order chi connectivity index (χ1) is 14.2. The quantitative estimate of drug-likeness (QED) is 0.438. The molecule has 0 saturated carbocycles. The lowest BCUT2D eigenvalue weighted by atomic mass is 9.88. The number of hydrogen-bond acceptors (Lipinski definition) is 3. The van der Waals surface area contributed by atoms with E-state index in [1.54, 1.807) is 11.3 Å². The molecule has 1 N–H and O–H groups in total. The number of anilines is 1. The number of carbonyl (C=O) groups excluding carboxylic acids is 1. The molecule has 1 aromatic heterocycles. The molecule has 0 spiro atoms. The van der Waals surface area contributed by atoms with Gasteiger partial charge in [0, 0.05) is 10.5 Å². The molecule has 4 rings (SSSR count). The molecule has 0 fully saturated rings. The summed E-state index contributed by atoms with van der Waals surface area (Å²) in [5, 5.41) is 13.4. The molecule has 0 aliphatic heterocycles. The normalized spacial score (nSPS) is 16.0. The van der Waals surface area contributed by atoms with Crippen molar-refractivity contribution in [2.75, 3.05) is 5.32 Å². The van der Waals surface area contributed by atoms with Crippen LogP contribution in [0.4, 0.5) is 5.00 Å². The fourth-order valence-corrected chi connectivity index (χ4v) is 5.10. The number of nitrogens with one attached hydrogen (secondary N) is 1. The minimum atomic E-state index is -0.191. The topological polar surface area (TPSA) is 52.9 Å². The second-order valence-corrected chi connectivity index (χ2v) is 8.56. The molecule has 0 radical (unpaired) electrons. The van der Waals surface area contributed by atoms with Gasteiger partial charge in [0.15, 0.2) is 0 Å². The van der Waals surface area contributed by atoms with Crippen LogP contribution < -0.4 is 5.32 Å². The molecule has 0 bridgehead atoms. The van der Waals surface area contributed by atoms with Crippen molar-refractivity contribution in [1.29, 1.82) is 5.26 Å². The highest BCUT2D eigenvalue weighted by molar-refractivity contribution is 7.16. The Labute approximate surface area is 175 Å². The summed E-state index contributed by atoms with van der Waals surface area (Å²) in [5.74, 6) is 0.428. The predicted octanol–water partition coefficient (Wildman–Crippen LogP) is 5.92. The molecular formula is C25H22N2OS. The van der Waals surface area contributed by atoms with Crippen LogP contribution in [0.2, 0.25) is 0 Å². The van der Waals surface area contributed by atoms with E-state index in [9.17, 15) is 10.1 Å². The fraction of sp³-hybridized carbons (Fsp3) is 0.200. The van der Waals surface area contributed by atoms with Crippen molar-refractivity contribution in [3.8, 4) is 6.07 Å². The molecule has 1 amide bonds. The molecule has 0 unspecified atom stereocenters. The zero-order valence-electron chi connectivity index (χ0n) is 16.3. The van der Waals surface area contributed by atoms with Crippen molar-refractivity contribution < 1.29 is 4.79 Å². The number of thiophene rings is 1. The van der Waals surface area contributed by atoms with E-state index in [0.29, 0.717) is 22.1 Å². The van der Waals surface area contributed by atoms with E-state index in [0.717, 1.165) is 36.0 Å². The summed E-state index contributed by atoms with van der Waals surface area (Å²) in [7, 11) is 0. The molecule has 3 nitrogen and oxygen atoms in total. The van der Waals surface area contributed by atoms with Gasteiger partial charge >= 0.3 is 0 Å². The second kappa shape index (κ2) is 8.46. The van der Waals surface area contributed by atoms with E-state index in [1.807, 2.05) is 66.7 Å². The van der Waals surface area contributed by atoms with E-state index in [-0.39, 0.29) is 5.91 Å². The van der Waals surface area contributed by atoms with Gasteiger partial charge in [-0.1, -0.05) is 67.6 Å². The second-order valence-electron chi connectivity index (χ2n) is 7.46. The lowest BCUT2D eigenvalue weighted by Gasteiger charge is -2.17. The van der Waals surface area contributed by atoms with Gasteiger partial charge in [0.1, 0.15) is 11.1 Å². The number of amides is 1. The summed E-state index contributed by atoms with van der Waals surface area (Å²) in [4.78, 5) is 14.5. The first kappa shape index (κ1) is 19.2. The van der Waals surface area contributed by atoms with E-state index in [4.69, 9.17) is 0 Å². The van der Waals surface area contributed by atoms with E-state index in [1.165, 1.54) is 4.88 Å². The van der Waals surface area contributed by atoms with E-state index in [2.05, 4.69) is 18.3 Å². The van der Waals surface area contributed by atoms with Gasteiger partial charge in [-0.3, -0.25) is 4.79 Å². The number of carbonyl (C=O) groups is 1. The molecule has 3 aromatic rings. The van der Waals surface area contributed by atoms with Gasteiger partial charge in [0.25, 0.3) is 5.91 Å². The summed E-state index contributed by atoms with van der Waals surface area (Å²) in [5.41, 5.74) is 4.15. The van der Waals surface area contributed by atoms with Crippen molar-refractivity contribution in [2.24, 2.45) is 5.92 Å². The minimum absolute atomic E-state index is 0.191. The fourth-order valence-electron chi connectivity index (χ4n) is 3.74. The Morgan fingerprint density at radius 2 is 1.83 bits per heavy atom. The SMILES string of the molecule is C[C@@H]1CCc2c(sc(NC(=O)/C(=C/c3ccccc3)c3ccccc3)c2C#N)C1. The van der Waals surface area contributed by atoms with Crippen molar-refractivity contribution in [3.63, 3.8) is 0 Å². The van der Waals surface area contributed by atoms with Crippen molar-refractivity contribution >= 4 is 33.9 Å². The number of rotatable bonds is 4. The molecular weight excluding hydrogens is 376 g/mol. The number of benzene rings is 2. The third-order valence-corrected chi connectivity index (χ3v) is 6.46. The largest absolute Gasteiger partial charge is 0.312 e. The average Bonchev–Trinajstić information content (AvgIpc) is 3.09. The van der Waals surface area contributed by atoms with Crippen LogP contribution in [0.1, 0.15) is 40.5 Å². The maximum atomic E-state index is 13.3. The summed E-state index contributed by atoms with van der Waals surface area (Å²) in [6.45, 7) is 2.24. The molecule has 1 aliphatic carbocycles. The zero-order valence-corrected chi connectivity index (χ0v) is 17.1. The first-order valence-electron chi connectivity index (χ1n) is 9.84. The average molecular weight is 399 g/mol. The predicted molar refractivity (Wildman–Crippen MR) is 120 cm³/mol. The van der Waals surface area contributed by atoms with Crippen LogP contribution >= 0.6 is 11.3 Å². The molecule has 144 valence electrons. The molecule has 1 atom stereocenters. The molecule has 1 aliphatic rings. The van der Waals surface area contributed by atoms with E-state index >= 15 is 0 Å². The van der Waals surface area contributed by atoms with Gasteiger partial charge in [-0.05, 0) is 47.9 Å². The standard InChI is InChI=1S/C25H22N2OS/c1-17-12-13-20-22(16-26)25(29-23(20)14-17)27-24(28)21(19-10-6-3-7-11-19)15-18-8-4-2-5-9-18/h2-11,15,17H,12-14H2,1H3,(H,27,28)/b21-15+/t17-/m1/s1. The van der Waals surface area contributed by atoms with Crippen molar-refractivity contribution in [1.82, 2.24) is 0 Å². The lowest BCUT2D eigenvalue weighted by molar-refractivity contribution is -0.111. The summed E-state index contributed by atoms with van der Waals surface area (Å²) >= 11 is 1.56. The number of nitriles is 1. The monoisotopic (exact) mass is 398 g/mol. The molecule has 2 aromatic carbocycles.